The average molecular weight is 296 g/mol. The maximum atomic E-state index is 12.0. The zero-order valence-electron chi connectivity index (χ0n) is 10.1. The van der Waals surface area contributed by atoms with Crippen molar-refractivity contribution < 1.29 is 4.79 Å². The van der Waals surface area contributed by atoms with Crippen molar-refractivity contribution >= 4 is 40.5 Å². The van der Waals surface area contributed by atoms with Crippen molar-refractivity contribution in [3.8, 4) is 0 Å². The van der Waals surface area contributed by atoms with Crippen LogP contribution in [0.15, 0.2) is 36.5 Å². The molecule has 0 atom stereocenters. The Morgan fingerprint density at radius 2 is 1.79 bits per heavy atom. The normalized spacial score (nSPS) is 10.1. The van der Waals surface area contributed by atoms with Crippen molar-refractivity contribution in [3.05, 3.63) is 52.3 Å². The second-order valence-corrected chi connectivity index (χ2v) is 4.67. The van der Waals surface area contributed by atoms with Gasteiger partial charge in [0.25, 0.3) is 5.91 Å². The highest BCUT2D eigenvalue weighted by atomic mass is 35.5. The van der Waals surface area contributed by atoms with Crippen LogP contribution in [0.5, 0.6) is 0 Å². The fourth-order valence-corrected chi connectivity index (χ4v) is 2.02. The summed E-state index contributed by atoms with van der Waals surface area (Å²) >= 11 is 11.7. The van der Waals surface area contributed by atoms with Crippen LogP contribution >= 0.6 is 23.2 Å². The molecule has 0 spiro atoms. The molecule has 0 aliphatic carbocycles. The van der Waals surface area contributed by atoms with Gasteiger partial charge in [-0.15, -0.1) is 0 Å². The fourth-order valence-electron chi connectivity index (χ4n) is 1.50. The molecule has 4 nitrogen and oxygen atoms in total. The highest BCUT2D eigenvalue weighted by Gasteiger charge is 2.08. The summed E-state index contributed by atoms with van der Waals surface area (Å²) in [6.07, 6.45) is 1.58. The molecule has 0 aliphatic rings. The van der Waals surface area contributed by atoms with Crippen LogP contribution in [-0.4, -0.2) is 17.9 Å². The van der Waals surface area contributed by atoms with Crippen molar-refractivity contribution in [1.82, 2.24) is 4.98 Å². The Morgan fingerprint density at radius 3 is 2.32 bits per heavy atom. The number of hydrogen-bond donors (Lipinski definition) is 2. The molecule has 1 amide bonds. The molecule has 0 aliphatic heterocycles. The van der Waals surface area contributed by atoms with E-state index in [1.807, 2.05) is 0 Å². The predicted molar refractivity (Wildman–Crippen MR) is 78.2 cm³/mol. The predicted octanol–water partition coefficient (Wildman–Crippen LogP) is 3.68. The molecule has 0 bridgehead atoms. The van der Waals surface area contributed by atoms with Crippen molar-refractivity contribution in [1.29, 1.82) is 0 Å². The largest absolute Gasteiger partial charge is 0.387 e. The number of rotatable bonds is 3. The molecule has 1 aromatic heterocycles. The van der Waals surface area contributed by atoms with Gasteiger partial charge in [0.05, 0.1) is 11.9 Å². The van der Waals surface area contributed by atoms with E-state index in [1.165, 1.54) is 0 Å². The summed E-state index contributed by atoms with van der Waals surface area (Å²) in [6.45, 7) is 0. The molecule has 0 unspecified atom stereocenters. The van der Waals surface area contributed by atoms with Crippen LogP contribution in [0.2, 0.25) is 10.0 Å². The summed E-state index contributed by atoms with van der Waals surface area (Å²) in [5.41, 5.74) is 1.68. The number of hydrogen-bond acceptors (Lipinski definition) is 3. The quantitative estimate of drug-likeness (QED) is 0.908. The highest BCUT2D eigenvalue weighted by Crippen LogP contribution is 2.22. The minimum atomic E-state index is -0.319. The topological polar surface area (TPSA) is 54.0 Å². The van der Waals surface area contributed by atoms with Crippen molar-refractivity contribution in [3.63, 3.8) is 0 Å². The van der Waals surface area contributed by atoms with Crippen molar-refractivity contribution in [2.24, 2.45) is 0 Å². The van der Waals surface area contributed by atoms with Gasteiger partial charge in [-0.05, 0) is 30.3 Å². The molecule has 2 rings (SSSR count). The lowest BCUT2D eigenvalue weighted by molar-refractivity contribution is 0.102. The third kappa shape index (κ3) is 3.59. The summed E-state index contributed by atoms with van der Waals surface area (Å²) < 4.78 is 0. The summed E-state index contributed by atoms with van der Waals surface area (Å²) in [5.74, 6) is -0.319. The summed E-state index contributed by atoms with van der Waals surface area (Å²) in [4.78, 5) is 16.0. The van der Waals surface area contributed by atoms with Crippen molar-refractivity contribution in [2.75, 3.05) is 17.7 Å². The van der Waals surface area contributed by atoms with Crippen molar-refractivity contribution in [2.45, 2.75) is 0 Å². The number of benzene rings is 1. The maximum absolute atomic E-state index is 12.0. The van der Waals surface area contributed by atoms with Gasteiger partial charge in [-0.3, -0.25) is 4.79 Å². The monoisotopic (exact) mass is 295 g/mol. The number of carbonyl (C=O) groups is 1. The molecular formula is C13H11Cl2N3O. The lowest BCUT2D eigenvalue weighted by Crippen LogP contribution is -2.13. The third-order valence-corrected chi connectivity index (χ3v) is 2.84. The lowest BCUT2D eigenvalue weighted by Gasteiger charge is -2.06. The van der Waals surface area contributed by atoms with E-state index in [1.54, 1.807) is 43.6 Å². The van der Waals surface area contributed by atoms with E-state index in [0.717, 1.165) is 5.69 Å². The Labute approximate surface area is 120 Å². The smallest absolute Gasteiger partial charge is 0.274 e. The van der Waals surface area contributed by atoms with E-state index in [2.05, 4.69) is 15.6 Å². The van der Waals surface area contributed by atoms with E-state index in [-0.39, 0.29) is 5.91 Å². The van der Waals surface area contributed by atoms with Gasteiger partial charge in [0.15, 0.2) is 0 Å². The first-order valence-corrected chi connectivity index (χ1v) is 6.25. The first kappa shape index (κ1) is 13.6. The number of halogens is 2. The molecule has 2 aromatic rings. The van der Waals surface area contributed by atoms with E-state index < -0.39 is 0 Å². The number of aromatic nitrogens is 1. The standard InChI is InChI=1S/C13H11Cl2N3O/c1-16-10-2-3-12(17-7-10)13(19)18-11-5-8(14)4-9(15)6-11/h2-7,16H,1H3,(H,18,19). The molecular weight excluding hydrogens is 285 g/mol. The van der Waals surface area contributed by atoms with E-state index >= 15 is 0 Å². The summed E-state index contributed by atoms with van der Waals surface area (Å²) in [6, 6.07) is 8.24. The molecule has 0 radical (unpaired) electrons. The van der Waals surface area contributed by atoms with E-state index in [9.17, 15) is 4.79 Å². The van der Waals surface area contributed by atoms with Gasteiger partial charge in [0, 0.05) is 22.8 Å². The third-order valence-electron chi connectivity index (χ3n) is 2.41. The molecule has 0 saturated heterocycles. The van der Waals surface area contributed by atoms with Crippen LogP contribution in [0.3, 0.4) is 0 Å². The Hall–Kier alpha value is -1.78. The minimum absolute atomic E-state index is 0.315. The summed E-state index contributed by atoms with van der Waals surface area (Å²) in [7, 11) is 1.78. The Morgan fingerprint density at radius 1 is 1.11 bits per heavy atom. The molecule has 98 valence electrons. The van der Waals surface area contributed by atoms with Crippen LogP contribution in [-0.2, 0) is 0 Å². The average Bonchev–Trinajstić information content (AvgIpc) is 2.37. The number of carbonyl (C=O) groups excluding carboxylic acids is 1. The van der Waals surface area contributed by atoms with Crippen LogP contribution in [0.4, 0.5) is 11.4 Å². The van der Waals surface area contributed by atoms with Gasteiger partial charge in [-0.25, -0.2) is 4.98 Å². The molecule has 1 heterocycles. The van der Waals surface area contributed by atoms with Crippen LogP contribution in [0.25, 0.3) is 0 Å². The number of nitrogens with zero attached hydrogens (tertiary/aromatic N) is 1. The maximum Gasteiger partial charge on any atom is 0.274 e. The van der Waals surface area contributed by atoms with Crippen LogP contribution < -0.4 is 10.6 Å². The van der Waals surface area contributed by atoms with Crippen LogP contribution in [0, 0.1) is 0 Å². The molecule has 0 saturated carbocycles. The number of pyridine rings is 1. The molecule has 2 N–H and O–H groups in total. The lowest BCUT2D eigenvalue weighted by atomic mass is 10.3. The molecule has 0 fully saturated rings. The highest BCUT2D eigenvalue weighted by molar-refractivity contribution is 6.35. The van der Waals surface area contributed by atoms with Gasteiger partial charge in [-0.2, -0.15) is 0 Å². The van der Waals surface area contributed by atoms with Gasteiger partial charge in [-0.1, -0.05) is 23.2 Å². The first-order chi connectivity index (χ1) is 9.08. The van der Waals surface area contributed by atoms with E-state index in [0.29, 0.717) is 21.4 Å². The van der Waals surface area contributed by atoms with Gasteiger partial charge < -0.3 is 10.6 Å². The SMILES string of the molecule is CNc1ccc(C(=O)Nc2cc(Cl)cc(Cl)c2)nc1. The van der Waals surface area contributed by atoms with Gasteiger partial charge >= 0.3 is 0 Å². The second-order valence-electron chi connectivity index (χ2n) is 3.79. The Bertz CT molecular complexity index is 579. The first-order valence-electron chi connectivity index (χ1n) is 5.50. The number of nitrogens with one attached hydrogen (secondary N) is 2. The molecule has 19 heavy (non-hydrogen) atoms. The zero-order valence-corrected chi connectivity index (χ0v) is 11.6. The number of anilines is 2. The Balaban J connectivity index is 2.15. The fraction of sp³-hybridized carbons (Fsp3) is 0.0769. The zero-order chi connectivity index (χ0) is 13.8. The van der Waals surface area contributed by atoms with E-state index in [4.69, 9.17) is 23.2 Å². The molecule has 6 heteroatoms. The summed E-state index contributed by atoms with van der Waals surface area (Å²) in [5, 5.41) is 6.53. The van der Waals surface area contributed by atoms with Gasteiger partial charge in [0.2, 0.25) is 0 Å². The van der Waals surface area contributed by atoms with Crippen LogP contribution in [0.1, 0.15) is 10.5 Å². The Kier molecular flexibility index (Phi) is 4.24. The minimum Gasteiger partial charge on any atom is -0.387 e. The second kappa shape index (κ2) is 5.91. The number of amides is 1. The van der Waals surface area contributed by atoms with Gasteiger partial charge in [0.1, 0.15) is 5.69 Å². The molecule has 1 aromatic carbocycles.